The first-order valence-corrected chi connectivity index (χ1v) is 5.51. The third-order valence-corrected chi connectivity index (χ3v) is 2.43. The molecule has 5 nitrogen and oxygen atoms in total. The van der Waals surface area contributed by atoms with E-state index in [2.05, 4.69) is 0 Å². The molecule has 2 amide bonds. The van der Waals surface area contributed by atoms with Crippen LogP contribution in [-0.2, 0) is 19.1 Å². The molecule has 0 heterocycles. The van der Waals surface area contributed by atoms with Crippen molar-refractivity contribution in [2.75, 3.05) is 13.2 Å². The number of rotatable bonds is 5. The summed E-state index contributed by atoms with van der Waals surface area (Å²) in [5.41, 5.74) is 0. The first-order valence-electron chi connectivity index (χ1n) is 5.51. The lowest BCUT2D eigenvalue weighted by atomic mass is 10.2. The lowest BCUT2D eigenvalue weighted by Gasteiger charge is -2.17. The fraction of sp³-hybridized carbons (Fsp3) is 0.727. The fourth-order valence-electron chi connectivity index (χ4n) is 1.39. The van der Waals surface area contributed by atoms with E-state index in [-0.39, 0.29) is 19.1 Å². The lowest BCUT2D eigenvalue weighted by molar-refractivity contribution is -0.154. The number of ether oxygens (including phenoxy) is 1. The van der Waals surface area contributed by atoms with Gasteiger partial charge in [0.1, 0.15) is 6.54 Å². The minimum Gasteiger partial charge on any atom is -0.465 e. The van der Waals surface area contributed by atoms with E-state index in [1.807, 2.05) is 0 Å². The van der Waals surface area contributed by atoms with E-state index >= 15 is 0 Å². The first kappa shape index (κ1) is 12.7. The molecule has 1 aliphatic rings. The predicted molar refractivity (Wildman–Crippen MR) is 56.4 cm³/mol. The topological polar surface area (TPSA) is 63.7 Å². The number of hydrogen-bond acceptors (Lipinski definition) is 4. The Hall–Kier alpha value is -1.39. The molecular formula is C11H17NO4. The fourth-order valence-corrected chi connectivity index (χ4v) is 1.39. The van der Waals surface area contributed by atoms with Gasteiger partial charge >= 0.3 is 5.97 Å². The van der Waals surface area contributed by atoms with E-state index in [1.54, 1.807) is 6.92 Å². The second-order valence-electron chi connectivity index (χ2n) is 3.95. The highest BCUT2D eigenvalue weighted by Crippen LogP contribution is 2.32. The van der Waals surface area contributed by atoms with Crippen molar-refractivity contribution in [2.24, 2.45) is 5.92 Å². The van der Waals surface area contributed by atoms with E-state index in [0.29, 0.717) is 12.3 Å². The van der Waals surface area contributed by atoms with Crippen molar-refractivity contribution in [1.29, 1.82) is 0 Å². The first-order chi connectivity index (χ1) is 7.54. The quantitative estimate of drug-likeness (QED) is 0.649. The Bertz CT molecular complexity index is 296. The van der Waals surface area contributed by atoms with Gasteiger partial charge in [0, 0.05) is 13.3 Å². The van der Waals surface area contributed by atoms with Crippen LogP contribution in [0.25, 0.3) is 0 Å². The van der Waals surface area contributed by atoms with Crippen LogP contribution in [0.4, 0.5) is 0 Å². The Morgan fingerprint density at radius 3 is 2.38 bits per heavy atom. The van der Waals surface area contributed by atoms with Crippen molar-refractivity contribution in [3.63, 3.8) is 0 Å². The van der Waals surface area contributed by atoms with Crippen LogP contribution in [0.2, 0.25) is 0 Å². The summed E-state index contributed by atoms with van der Waals surface area (Å²) in [6, 6.07) is 0. The van der Waals surface area contributed by atoms with Crippen molar-refractivity contribution in [1.82, 2.24) is 4.90 Å². The van der Waals surface area contributed by atoms with E-state index in [1.165, 1.54) is 6.92 Å². The van der Waals surface area contributed by atoms with E-state index in [4.69, 9.17) is 4.74 Å². The van der Waals surface area contributed by atoms with Crippen molar-refractivity contribution in [3.05, 3.63) is 0 Å². The Morgan fingerprint density at radius 2 is 1.94 bits per heavy atom. The van der Waals surface area contributed by atoms with Gasteiger partial charge in [0.15, 0.2) is 0 Å². The summed E-state index contributed by atoms with van der Waals surface area (Å²) in [5, 5.41) is 0. The molecule has 0 bridgehead atoms. The predicted octanol–water partition coefficient (Wildman–Crippen LogP) is 0.725. The van der Waals surface area contributed by atoms with Crippen molar-refractivity contribution in [3.8, 4) is 0 Å². The van der Waals surface area contributed by atoms with E-state index in [9.17, 15) is 14.4 Å². The average molecular weight is 227 g/mol. The largest absolute Gasteiger partial charge is 0.465 e. The highest BCUT2D eigenvalue weighted by atomic mass is 16.5. The molecule has 16 heavy (non-hydrogen) atoms. The number of nitrogens with zero attached hydrogens (tertiary/aromatic N) is 1. The third-order valence-electron chi connectivity index (χ3n) is 2.43. The molecule has 1 rings (SSSR count). The highest BCUT2D eigenvalue weighted by molar-refractivity contribution is 5.97. The van der Waals surface area contributed by atoms with Crippen LogP contribution in [-0.4, -0.2) is 35.8 Å². The molecule has 0 radical (unpaired) electrons. The zero-order chi connectivity index (χ0) is 12.1. The molecule has 0 unspecified atom stereocenters. The average Bonchev–Trinajstić information content (AvgIpc) is 2.97. The minimum absolute atomic E-state index is 0.251. The summed E-state index contributed by atoms with van der Waals surface area (Å²) in [5.74, 6) is -0.819. The van der Waals surface area contributed by atoms with Crippen LogP contribution in [0, 0.1) is 5.92 Å². The van der Waals surface area contributed by atoms with Gasteiger partial charge < -0.3 is 4.74 Å². The van der Waals surface area contributed by atoms with Crippen LogP contribution in [0.1, 0.15) is 33.1 Å². The van der Waals surface area contributed by atoms with Crippen molar-refractivity contribution < 1.29 is 19.1 Å². The molecule has 0 saturated heterocycles. The minimum atomic E-state index is -0.540. The molecule has 0 N–H and O–H groups in total. The van der Waals surface area contributed by atoms with Crippen molar-refractivity contribution in [2.45, 2.75) is 33.1 Å². The summed E-state index contributed by atoms with van der Waals surface area (Å²) in [6.45, 7) is 2.95. The van der Waals surface area contributed by atoms with Gasteiger partial charge in [-0.1, -0.05) is 0 Å². The van der Waals surface area contributed by atoms with Gasteiger partial charge in [0.25, 0.3) is 0 Å². The maximum absolute atomic E-state index is 11.7. The second-order valence-corrected chi connectivity index (χ2v) is 3.95. The van der Waals surface area contributed by atoms with Gasteiger partial charge in [-0.3, -0.25) is 19.3 Å². The number of carbonyl (C=O) groups is 3. The Morgan fingerprint density at radius 1 is 1.31 bits per heavy atom. The SMILES string of the molecule is CCOC(=O)CN(C(C)=O)C(=O)CC1CC1. The molecule has 0 aromatic heterocycles. The summed E-state index contributed by atoms with van der Waals surface area (Å²) in [7, 11) is 0. The summed E-state index contributed by atoms with van der Waals surface area (Å²) in [4.78, 5) is 35.1. The van der Waals surface area contributed by atoms with E-state index in [0.717, 1.165) is 17.7 Å². The molecule has 0 atom stereocenters. The standard InChI is InChI=1S/C11H17NO4/c1-3-16-11(15)7-12(8(2)13)10(14)6-9-4-5-9/h9H,3-7H2,1-2H3. The van der Waals surface area contributed by atoms with Gasteiger partial charge in [-0.15, -0.1) is 0 Å². The van der Waals surface area contributed by atoms with Gasteiger partial charge in [0.05, 0.1) is 6.61 Å². The zero-order valence-electron chi connectivity index (χ0n) is 9.69. The van der Waals surface area contributed by atoms with Crippen LogP contribution in [0.3, 0.4) is 0 Å². The maximum Gasteiger partial charge on any atom is 0.326 e. The Labute approximate surface area is 94.7 Å². The normalized spacial score (nSPS) is 14.4. The molecular weight excluding hydrogens is 210 g/mol. The summed E-state index contributed by atoms with van der Waals surface area (Å²) >= 11 is 0. The molecule has 0 aromatic rings. The van der Waals surface area contributed by atoms with Crippen LogP contribution in [0.15, 0.2) is 0 Å². The van der Waals surface area contributed by atoms with Crippen LogP contribution < -0.4 is 0 Å². The van der Waals surface area contributed by atoms with E-state index < -0.39 is 11.9 Å². The van der Waals surface area contributed by atoms with Crippen LogP contribution in [0.5, 0.6) is 0 Å². The molecule has 1 aliphatic carbocycles. The molecule has 0 aromatic carbocycles. The molecule has 1 fully saturated rings. The zero-order valence-corrected chi connectivity index (χ0v) is 9.69. The monoisotopic (exact) mass is 227 g/mol. The molecule has 0 aliphatic heterocycles. The number of esters is 1. The van der Waals surface area contributed by atoms with Gasteiger partial charge in [-0.2, -0.15) is 0 Å². The lowest BCUT2D eigenvalue weighted by Crippen LogP contribution is -2.39. The number of imide groups is 1. The number of carbonyl (C=O) groups excluding carboxylic acids is 3. The van der Waals surface area contributed by atoms with Gasteiger partial charge in [-0.05, 0) is 25.7 Å². The number of amides is 2. The summed E-state index contributed by atoms with van der Waals surface area (Å²) in [6.07, 6.45) is 2.44. The third kappa shape index (κ3) is 4.00. The molecule has 90 valence electrons. The molecule has 0 spiro atoms. The van der Waals surface area contributed by atoms with Crippen molar-refractivity contribution >= 4 is 17.8 Å². The van der Waals surface area contributed by atoms with Gasteiger partial charge in [-0.25, -0.2) is 0 Å². The summed E-state index contributed by atoms with van der Waals surface area (Å²) < 4.78 is 4.71. The van der Waals surface area contributed by atoms with Crippen LogP contribution >= 0.6 is 0 Å². The smallest absolute Gasteiger partial charge is 0.326 e. The number of hydrogen-bond donors (Lipinski definition) is 0. The Kier molecular flexibility index (Phi) is 4.46. The Balaban J connectivity index is 2.48. The maximum atomic E-state index is 11.7. The van der Waals surface area contributed by atoms with Gasteiger partial charge in [0.2, 0.25) is 11.8 Å². The highest BCUT2D eigenvalue weighted by Gasteiger charge is 2.29. The molecule has 1 saturated carbocycles. The molecule has 5 heteroatoms. The second kappa shape index (κ2) is 5.63.